The summed E-state index contributed by atoms with van der Waals surface area (Å²) in [6, 6.07) is -0.916. The maximum Gasteiger partial charge on any atom is 0.321 e. The quantitative estimate of drug-likeness (QED) is 0.452. The van der Waals surface area contributed by atoms with Gasteiger partial charge in [0.25, 0.3) is 0 Å². The molecular weight excluding hydrogens is 160 g/mol. The maximum atomic E-state index is 10.4. The van der Waals surface area contributed by atoms with Crippen LogP contribution in [0.3, 0.4) is 0 Å². The van der Waals surface area contributed by atoms with Gasteiger partial charge in [-0.25, -0.2) is 0 Å². The number of amides is 1. The predicted molar refractivity (Wildman–Crippen MR) is 43.4 cm³/mol. The van der Waals surface area contributed by atoms with E-state index in [4.69, 9.17) is 10.8 Å². The van der Waals surface area contributed by atoms with Gasteiger partial charge in [0.2, 0.25) is 5.91 Å². The van der Waals surface area contributed by atoms with E-state index in [0.29, 0.717) is 6.54 Å². The molecule has 1 amide bonds. The number of carboxylic acids is 1. The minimum absolute atomic E-state index is 0.205. The lowest BCUT2D eigenvalue weighted by molar-refractivity contribution is -0.141. The van der Waals surface area contributed by atoms with Crippen LogP contribution in [0.5, 0.6) is 0 Å². The Hall–Kier alpha value is -1.36. The van der Waals surface area contributed by atoms with Crippen molar-refractivity contribution in [1.82, 2.24) is 5.32 Å². The van der Waals surface area contributed by atoms with E-state index in [1.165, 1.54) is 6.08 Å². The number of carboxylic acid groups (broad SMARTS) is 1. The zero-order chi connectivity index (χ0) is 9.56. The van der Waals surface area contributed by atoms with Gasteiger partial charge >= 0.3 is 5.97 Å². The van der Waals surface area contributed by atoms with Gasteiger partial charge in [-0.05, 0) is 0 Å². The lowest BCUT2D eigenvalue weighted by Crippen LogP contribution is -2.39. The van der Waals surface area contributed by atoms with Crippen LogP contribution in [0, 0.1) is 0 Å². The minimum Gasteiger partial charge on any atom is -0.480 e. The largest absolute Gasteiger partial charge is 0.480 e. The smallest absolute Gasteiger partial charge is 0.321 e. The molecule has 68 valence electrons. The van der Waals surface area contributed by atoms with Crippen molar-refractivity contribution in [2.75, 3.05) is 6.54 Å². The summed E-state index contributed by atoms with van der Waals surface area (Å²) in [7, 11) is 0. The van der Waals surface area contributed by atoms with Crippen LogP contribution in [0.15, 0.2) is 12.7 Å². The molecule has 0 aromatic heterocycles. The lowest BCUT2D eigenvalue weighted by atomic mass is 10.2. The molecule has 0 heterocycles. The molecule has 1 atom stereocenters. The van der Waals surface area contributed by atoms with Crippen LogP contribution in [0.2, 0.25) is 0 Å². The summed E-state index contributed by atoms with van der Waals surface area (Å²) >= 11 is 0. The minimum atomic E-state index is -1.09. The Kier molecular flexibility index (Phi) is 4.71. The van der Waals surface area contributed by atoms with Gasteiger partial charge in [-0.3, -0.25) is 9.59 Å². The molecule has 0 aliphatic rings. The number of rotatable bonds is 6. The van der Waals surface area contributed by atoms with Crippen molar-refractivity contribution in [3.63, 3.8) is 0 Å². The Balaban J connectivity index is 3.94. The van der Waals surface area contributed by atoms with Crippen molar-refractivity contribution in [3.8, 4) is 0 Å². The zero-order valence-electron chi connectivity index (χ0n) is 6.62. The Morgan fingerprint density at radius 1 is 1.67 bits per heavy atom. The SMILES string of the molecule is C=CCN[C@@H](CC(N)=O)C(=O)O. The van der Waals surface area contributed by atoms with Crippen LogP contribution in [0.4, 0.5) is 0 Å². The molecule has 0 unspecified atom stereocenters. The van der Waals surface area contributed by atoms with Crippen LogP contribution >= 0.6 is 0 Å². The second-order valence-corrected chi connectivity index (χ2v) is 2.26. The van der Waals surface area contributed by atoms with Gasteiger partial charge in [-0.1, -0.05) is 6.08 Å². The number of carbonyl (C=O) groups is 2. The fourth-order valence-corrected chi connectivity index (χ4v) is 0.674. The first-order valence-corrected chi connectivity index (χ1v) is 3.43. The van der Waals surface area contributed by atoms with Crippen molar-refractivity contribution in [3.05, 3.63) is 12.7 Å². The Morgan fingerprint density at radius 2 is 2.25 bits per heavy atom. The molecule has 0 aliphatic carbocycles. The van der Waals surface area contributed by atoms with E-state index in [1.807, 2.05) is 0 Å². The topological polar surface area (TPSA) is 92.4 Å². The summed E-state index contributed by atoms with van der Waals surface area (Å²) in [5.74, 6) is -1.73. The van der Waals surface area contributed by atoms with E-state index in [0.717, 1.165) is 0 Å². The monoisotopic (exact) mass is 172 g/mol. The molecule has 0 radical (unpaired) electrons. The second-order valence-electron chi connectivity index (χ2n) is 2.26. The Bertz CT molecular complexity index is 191. The molecule has 0 fully saturated rings. The van der Waals surface area contributed by atoms with Crippen LogP contribution in [-0.4, -0.2) is 29.6 Å². The van der Waals surface area contributed by atoms with Gasteiger partial charge in [0.15, 0.2) is 0 Å². The van der Waals surface area contributed by atoms with E-state index in [1.54, 1.807) is 0 Å². The normalized spacial score (nSPS) is 12.0. The summed E-state index contributed by atoms with van der Waals surface area (Å²) in [5.41, 5.74) is 4.83. The Morgan fingerprint density at radius 3 is 2.58 bits per heavy atom. The third kappa shape index (κ3) is 4.45. The summed E-state index contributed by atoms with van der Waals surface area (Å²) in [6.45, 7) is 3.74. The fourth-order valence-electron chi connectivity index (χ4n) is 0.674. The molecule has 0 spiro atoms. The third-order valence-electron chi connectivity index (χ3n) is 1.21. The average molecular weight is 172 g/mol. The number of carbonyl (C=O) groups excluding carboxylic acids is 1. The number of nitrogens with two attached hydrogens (primary N) is 1. The maximum absolute atomic E-state index is 10.4. The average Bonchev–Trinajstić information content (AvgIpc) is 1.96. The Labute approximate surface area is 70.2 Å². The predicted octanol–water partition coefficient (Wildman–Crippen LogP) is -0.909. The molecule has 0 bridgehead atoms. The van der Waals surface area contributed by atoms with Crippen molar-refractivity contribution in [2.24, 2.45) is 5.73 Å². The molecule has 0 saturated heterocycles. The first-order chi connectivity index (χ1) is 5.57. The van der Waals surface area contributed by atoms with Crippen molar-refractivity contribution < 1.29 is 14.7 Å². The molecule has 0 saturated carbocycles. The van der Waals surface area contributed by atoms with Crippen molar-refractivity contribution in [1.29, 1.82) is 0 Å². The molecule has 5 nitrogen and oxygen atoms in total. The van der Waals surface area contributed by atoms with Gasteiger partial charge in [-0.2, -0.15) is 0 Å². The summed E-state index contributed by atoms with van der Waals surface area (Å²) in [6.07, 6.45) is 1.31. The highest BCUT2D eigenvalue weighted by molar-refractivity contribution is 5.83. The van der Waals surface area contributed by atoms with Crippen molar-refractivity contribution in [2.45, 2.75) is 12.5 Å². The standard InChI is InChI=1S/C7H12N2O3/c1-2-3-9-5(7(11)12)4-6(8)10/h2,5,9H,1,3-4H2,(H2,8,10)(H,11,12)/t5-/m0/s1. The summed E-state index contributed by atoms with van der Waals surface area (Å²) < 4.78 is 0. The molecule has 5 heteroatoms. The van der Waals surface area contributed by atoms with Gasteiger partial charge in [0.1, 0.15) is 6.04 Å². The fraction of sp³-hybridized carbons (Fsp3) is 0.429. The second kappa shape index (κ2) is 5.31. The number of hydrogen-bond acceptors (Lipinski definition) is 3. The number of aliphatic carboxylic acids is 1. The molecule has 0 aromatic rings. The lowest BCUT2D eigenvalue weighted by Gasteiger charge is -2.09. The van der Waals surface area contributed by atoms with Crippen LogP contribution in [0.25, 0.3) is 0 Å². The van der Waals surface area contributed by atoms with Crippen LogP contribution < -0.4 is 11.1 Å². The number of primary amides is 1. The molecule has 0 aromatic carbocycles. The highest BCUT2D eigenvalue weighted by atomic mass is 16.4. The van der Waals surface area contributed by atoms with E-state index in [9.17, 15) is 9.59 Å². The number of nitrogens with one attached hydrogen (secondary N) is 1. The first kappa shape index (κ1) is 10.6. The molecule has 4 N–H and O–H groups in total. The van der Waals surface area contributed by atoms with Gasteiger partial charge < -0.3 is 16.2 Å². The zero-order valence-corrected chi connectivity index (χ0v) is 6.62. The van der Waals surface area contributed by atoms with Gasteiger partial charge in [0, 0.05) is 6.54 Å². The van der Waals surface area contributed by atoms with Crippen LogP contribution in [-0.2, 0) is 9.59 Å². The van der Waals surface area contributed by atoms with Crippen LogP contribution in [0.1, 0.15) is 6.42 Å². The number of hydrogen-bond donors (Lipinski definition) is 3. The van der Waals surface area contributed by atoms with Gasteiger partial charge in [-0.15, -0.1) is 6.58 Å². The van der Waals surface area contributed by atoms with Crippen molar-refractivity contribution >= 4 is 11.9 Å². The van der Waals surface area contributed by atoms with Gasteiger partial charge in [0.05, 0.1) is 6.42 Å². The highest BCUT2D eigenvalue weighted by Crippen LogP contribution is 1.90. The molecular formula is C7H12N2O3. The molecule has 0 rings (SSSR count). The van der Waals surface area contributed by atoms with E-state index in [2.05, 4.69) is 11.9 Å². The van der Waals surface area contributed by atoms with E-state index < -0.39 is 17.9 Å². The molecule has 0 aliphatic heterocycles. The molecule has 12 heavy (non-hydrogen) atoms. The van der Waals surface area contributed by atoms with E-state index >= 15 is 0 Å². The highest BCUT2D eigenvalue weighted by Gasteiger charge is 2.17. The van der Waals surface area contributed by atoms with E-state index in [-0.39, 0.29) is 6.42 Å². The summed E-state index contributed by atoms with van der Waals surface area (Å²) in [5, 5.41) is 11.1. The first-order valence-electron chi connectivity index (χ1n) is 3.43. The third-order valence-corrected chi connectivity index (χ3v) is 1.21. The summed E-state index contributed by atoms with van der Waals surface area (Å²) in [4.78, 5) is 20.8.